The predicted octanol–water partition coefficient (Wildman–Crippen LogP) is 5.62. The standard InChI is InChI=1S/C35H39N3O5S/c1-9-12-27-30(34(40)43-10-2)32(26-19-25(41-7)15-16-28(26)42-8)38-33(39)29(44-35(38)36-27)18-24-17-22(5)37(23(24)6)31-20(3)13-11-14-21(31)4/h11,13-19,32H,9-10,12H2,1-8H3/b29-18-/t32-/m1/s1. The summed E-state index contributed by atoms with van der Waals surface area (Å²) >= 11 is 1.32. The van der Waals surface area contributed by atoms with Gasteiger partial charge in [-0.05, 0) is 88.1 Å². The number of esters is 1. The first-order valence-electron chi connectivity index (χ1n) is 14.8. The number of carbonyl (C=O) groups is 1. The summed E-state index contributed by atoms with van der Waals surface area (Å²) in [7, 11) is 3.15. The maximum atomic E-state index is 14.4. The van der Waals surface area contributed by atoms with Crippen molar-refractivity contribution in [2.45, 2.75) is 60.4 Å². The Hall–Kier alpha value is -4.37. The van der Waals surface area contributed by atoms with E-state index >= 15 is 0 Å². The van der Waals surface area contributed by atoms with E-state index in [0.29, 0.717) is 44.1 Å². The summed E-state index contributed by atoms with van der Waals surface area (Å²) in [4.78, 5) is 33.4. The maximum absolute atomic E-state index is 14.4. The number of benzene rings is 2. The Labute approximate surface area is 261 Å². The highest BCUT2D eigenvalue weighted by Gasteiger charge is 2.36. The molecular formula is C35H39N3O5S. The zero-order valence-electron chi connectivity index (χ0n) is 26.6. The Bertz CT molecular complexity index is 1940. The second-order valence-electron chi connectivity index (χ2n) is 10.9. The molecule has 8 nitrogen and oxygen atoms in total. The van der Waals surface area contributed by atoms with Crippen LogP contribution in [0.2, 0.25) is 0 Å². The highest BCUT2D eigenvalue weighted by molar-refractivity contribution is 7.07. The minimum absolute atomic E-state index is 0.199. The van der Waals surface area contributed by atoms with Crippen molar-refractivity contribution < 1.29 is 19.0 Å². The first kappa shape index (κ1) is 31.1. The third kappa shape index (κ3) is 5.41. The number of hydrogen-bond acceptors (Lipinski definition) is 7. The second kappa shape index (κ2) is 12.7. The molecule has 0 amide bonds. The average Bonchev–Trinajstić information content (AvgIpc) is 3.46. The summed E-state index contributed by atoms with van der Waals surface area (Å²) in [5, 5.41) is 0. The molecular weight excluding hydrogens is 574 g/mol. The summed E-state index contributed by atoms with van der Waals surface area (Å²) in [6, 6.07) is 13.0. The fourth-order valence-electron chi connectivity index (χ4n) is 6.05. The van der Waals surface area contributed by atoms with Gasteiger partial charge in [0, 0.05) is 17.0 Å². The molecule has 4 aromatic rings. The van der Waals surface area contributed by atoms with E-state index in [0.717, 1.165) is 29.1 Å². The number of allylic oxidation sites excluding steroid dienone is 1. The minimum Gasteiger partial charge on any atom is -0.497 e. The Kier molecular flexibility index (Phi) is 8.97. The van der Waals surface area contributed by atoms with Gasteiger partial charge in [-0.2, -0.15) is 0 Å². The normalized spacial score (nSPS) is 14.8. The molecule has 1 aliphatic heterocycles. The number of nitrogens with zero attached hydrogens (tertiary/aromatic N) is 3. The summed E-state index contributed by atoms with van der Waals surface area (Å²) in [5.74, 6) is 0.613. The Morgan fingerprint density at radius 2 is 1.75 bits per heavy atom. The van der Waals surface area contributed by atoms with Crippen LogP contribution in [0.15, 0.2) is 63.5 Å². The Morgan fingerprint density at radius 3 is 2.39 bits per heavy atom. The van der Waals surface area contributed by atoms with Crippen molar-refractivity contribution in [3.63, 3.8) is 0 Å². The van der Waals surface area contributed by atoms with Gasteiger partial charge in [-0.15, -0.1) is 0 Å². The van der Waals surface area contributed by atoms with E-state index in [1.165, 1.54) is 22.5 Å². The minimum atomic E-state index is -0.805. The molecule has 0 spiro atoms. The number of fused-ring (bicyclic) bond motifs is 1. The van der Waals surface area contributed by atoms with Gasteiger partial charge in [0.2, 0.25) is 0 Å². The Morgan fingerprint density at radius 1 is 1.02 bits per heavy atom. The van der Waals surface area contributed by atoms with E-state index in [-0.39, 0.29) is 12.2 Å². The van der Waals surface area contributed by atoms with Gasteiger partial charge in [0.1, 0.15) is 17.5 Å². The zero-order chi connectivity index (χ0) is 31.7. The van der Waals surface area contributed by atoms with Crippen molar-refractivity contribution in [2.24, 2.45) is 4.99 Å². The van der Waals surface area contributed by atoms with Gasteiger partial charge in [0.15, 0.2) is 4.80 Å². The van der Waals surface area contributed by atoms with Crippen LogP contribution in [-0.2, 0) is 9.53 Å². The number of hydrogen-bond donors (Lipinski definition) is 0. The number of aromatic nitrogens is 2. The van der Waals surface area contributed by atoms with E-state index in [1.807, 2.05) is 19.1 Å². The van der Waals surface area contributed by atoms with Crippen molar-refractivity contribution in [3.05, 3.63) is 107 Å². The highest BCUT2D eigenvalue weighted by Crippen LogP contribution is 2.39. The second-order valence-corrected chi connectivity index (χ2v) is 11.9. The summed E-state index contributed by atoms with van der Waals surface area (Å²) in [6.07, 6.45) is 3.26. The van der Waals surface area contributed by atoms with Crippen LogP contribution in [0.5, 0.6) is 11.5 Å². The van der Waals surface area contributed by atoms with Crippen molar-refractivity contribution in [1.82, 2.24) is 9.13 Å². The lowest BCUT2D eigenvalue weighted by Crippen LogP contribution is -2.40. The van der Waals surface area contributed by atoms with E-state index in [9.17, 15) is 9.59 Å². The van der Waals surface area contributed by atoms with E-state index in [2.05, 4.69) is 56.5 Å². The average molecular weight is 614 g/mol. The molecule has 1 atom stereocenters. The summed E-state index contributed by atoms with van der Waals surface area (Å²) in [6.45, 7) is 12.4. The number of methoxy groups -OCH3 is 2. The monoisotopic (exact) mass is 613 g/mol. The van der Waals surface area contributed by atoms with Crippen molar-refractivity contribution >= 4 is 23.4 Å². The van der Waals surface area contributed by atoms with Crippen LogP contribution in [0.25, 0.3) is 11.8 Å². The predicted molar refractivity (Wildman–Crippen MR) is 174 cm³/mol. The highest BCUT2D eigenvalue weighted by atomic mass is 32.1. The van der Waals surface area contributed by atoms with Crippen molar-refractivity contribution in [2.75, 3.05) is 20.8 Å². The molecule has 0 saturated carbocycles. The number of ether oxygens (including phenoxy) is 3. The molecule has 0 saturated heterocycles. The lowest BCUT2D eigenvalue weighted by Gasteiger charge is -2.27. The third-order valence-corrected chi connectivity index (χ3v) is 9.03. The SMILES string of the molecule is CCCC1=C(C(=O)OCC)[C@@H](c2cc(OC)ccc2OC)n2c(s/c(=C\c3cc(C)n(-c4c(C)cccc4C)c3C)c2=O)=N1. The van der Waals surface area contributed by atoms with Gasteiger partial charge in [-0.3, -0.25) is 9.36 Å². The molecule has 0 fully saturated rings. The van der Waals surface area contributed by atoms with Crippen LogP contribution in [0.3, 0.4) is 0 Å². The molecule has 5 rings (SSSR count). The van der Waals surface area contributed by atoms with Crippen LogP contribution in [0.1, 0.15) is 66.4 Å². The first-order valence-corrected chi connectivity index (χ1v) is 15.7. The van der Waals surface area contributed by atoms with E-state index in [4.69, 9.17) is 19.2 Å². The van der Waals surface area contributed by atoms with Crippen LogP contribution < -0.4 is 24.4 Å². The fourth-order valence-corrected chi connectivity index (χ4v) is 7.06. The molecule has 9 heteroatoms. The van der Waals surface area contributed by atoms with Gasteiger partial charge in [0.05, 0.1) is 42.3 Å². The van der Waals surface area contributed by atoms with Gasteiger partial charge < -0.3 is 18.8 Å². The molecule has 2 aromatic carbocycles. The topological polar surface area (TPSA) is 84.0 Å². The fraction of sp³-hybridized carbons (Fsp3) is 0.343. The molecule has 0 radical (unpaired) electrons. The molecule has 2 aromatic heterocycles. The van der Waals surface area contributed by atoms with Crippen LogP contribution in [0, 0.1) is 27.7 Å². The molecule has 230 valence electrons. The zero-order valence-corrected chi connectivity index (χ0v) is 27.4. The number of carbonyl (C=O) groups excluding carboxylic acids is 1. The lowest BCUT2D eigenvalue weighted by molar-refractivity contribution is -0.139. The number of para-hydroxylation sites is 1. The molecule has 0 N–H and O–H groups in total. The van der Waals surface area contributed by atoms with Crippen molar-refractivity contribution in [1.29, 1.82) is 0 Å². The van der Waals surface area contributed by atoms with E-state index in [1.54, 1.807) is 37.8 Å². The third-order valence-electron chi connectivity index (χ3n) is 8.04. The van der Waals surface area contributed by atoms with Crippen LogP contribution in [0.4, 0.5) is 0 Å². The first-order chi connectivity index (χ1) is 21.1. The number of rotatable bonds is 9. The van der Waals surface area contributed by atoms with Gasteiger partial charge in [-0.25, -0.2) is 9.79 Å². The van der Waals surface area contributed by atoms with E-state index < -0.39 is 12.0 Å². The molecule has 0 aliphatic carbocycles. The van der Waals surface area contributed by atoms with Gasteiger partial charge in [0.25, 0.3) is 5.56 Å². The van der Waals surface area contributed by atoms with Crippen molar-refractivity contribution in [3.8, 4) is 17.2 Å². The molecule has 3 heterocycles. The number of aryl methyl sites for hydroxylation is 3. The smallest absolute Gasteiger partial charge is 0.338 e. The molecule has 44 heavy (non-hydrogen) atoms. The largest absolute Gasteiger partial charge is 0.497 e. The number of thiazole rings is 1. The maximum Gasteiger partial charge on any atom is 0.338 e. The summed E-state index contributed by atoms with van der Waals surface area (Å²) < 4.78 is 21.2. The van der Waals surface area contributed by atoms with Crippen LogP contribution in [-0.4, -0.2) is 35.9 Å². The quantitative estimate of drug-likeness (QED) is 0.229. The van der Waals surface area contributed by atoms with Gasteiger partial charge in [-0.1, -0.05) is 42.9 Å². The molecule has 0 bridgehead atoms. The molecule has 1 aliphatic rings. The molecule has 0 unspecified atom stereocenters. The summed E-state index contributed by atoms with van der Waals surface area (Å²) in [5.41, 5.74) is 7.91. The Balaban J connectivity index is 1.79. The van der Waals surface area contributed by atoms with Crippen LogP contribution >= 0.6 is 11.3 Å². The lowest BCUT2D eigenvalue weighted by atomic mass is 9.93. The van der Waals surface area contributed by atoms with Gasteiger partial charge >= 0.3 is 5.97 Å².